The number of nitrogens with zero attached hydrogens (tertiary/aromatic N) is 3. The average molecular weight is 293 g/mol. The molecular formula is C12H12FN5O3. The Hall–Kier alpha value is -2.81. The molecule has 0 fully saturated rings. The predicted molar refractivity (Wildman–Crippen MR) is 70.2 cm³/mol. The SMILES string of the molecule is NC(CC(=O)O)C(=O)Nc1ccc(-n2cncn2)c(F)c1. The van der Waals surface area contributed by atoms with Crippen molar-refractivity contribution >= 4 is 17.6 Å². The third-order valence-electron chi connectivity index (χ3n) is 2.61. The van der Waals surface area contributed by atoms with E-state index in [1.807, 2.05) is 0 Å². The number of rotatable bonds is 5. The van der Waals surface area contributed by atoms with Crippen LogP contribution in [0.4, 0.5) is 10.1 Å². The molecule has 0 spiro atoms. The summed E-state index contributed by atoms with van der Waals surface area (Å²) >= 11 is 0. The van der Waals surface area contributed by atoms with Gasteiger partial charge >= 0.3 is 5.97 Å². The minimum atomic E-state index is -1.21. The van der Waals surface area contributed by atoms with E-state index in [1.54, 1.807) is 0 Å². The van der Waals surface area contributed by atoms with Gasteiger partial charge in [-0.1, -0.05) is 0 Å². The van der Waals surface area contributed by atoms with Crippen molar-refractivity contribution < 1.29 is 19.1 Å². The number of anilines is 1. The zero-order chi connectivity index (χ0) is 15.4. The molecule has 1 unspecified atom stereocenters. The Morgan fingerprint density at radius 2 is 2.24 bits per heavy atom. The maximum absolute atomic E-state index is 13.9. The Morgan fingerprint density at radius 3 is 2.81 bits per heavy atom. The standard InChI is InChI=1S/C12H12FN5O3/c13-8-3-7(17-12(21)9(14)4-11(19)20)1-2-10(8)18-6-15-5-16-18/h1-3,5-6,9H,4,14H2,(H,17,21)(H,19,20). The number of hydrogen-bond acceptors (Lipinski definition) is 5. The molecule has 1 atom stereocenters. The lowest BCUT2D eigenvalue weighted by atomic mass is 10.2. The molecule has 0 saturated carbocycles. The van der Waals surface area contributed by atoms with Gasteiger partial charge in [0.25, 0.3) is 0 Å². The van der Waals surface area contributed by atoms with Gasteiger partial charge in [-0.05, 0) is 18.2 Å². The first-order valence-corrected chi connectivity index (χ1v) is 5.90. The van der Waals surface area contributed by atoms with E-state index in [-0.39, 0.29) is 11.4 Å². The molecule has 0 radical (unpaired) electrons. The summed E-state index contributed by atoms with van der Waals surface area (Å²) in [6, 6.07) is 2.73. The molecule has 21 heavy (non-hydrogen) atoms. The molecule has 0 aliphatic rings. The summed E-state index contributed by atoms with van der Waals surface area (Å²) in [6.45, 7) is 0. The van der Waals surface area contributed by atoms with Crippen LogP contribution in [0, 0.1) is 5.82 Å². The molecule has 0 bridgehead atoms. The van der Waals surface area contributed by atoms with Gasteiger partial charge in [0.2, 0.25) is 5.91 Å². The van der Waals surface area contributed by atoms with Crippen LogP contribution in [0.2, 0.25) is 0 Å². The molecule has 0 saturated heterocycles. The van der Waals surface area contributed by atoms with E-state index in [0.717, 1.165) is 6.07 Å². The van der Waals surface area contributed by atoms with Crippen molar-refractivity contribution in [2.75, 3.05) is 5.32 Å². The number of hydrogen-bond donors (Lipinski definition) is 3. The van der Waals surface area contributed by atoms with E-state index >= 15 is 0 Å². The van der Waals surface area contributed by atoms with Crippen LogP contribution in [0.25, 0.3) is 5.69 Å². The van der Waals surface area contributed by atoms with Crippen molar-refractivity contribution in [2.45, 2.75) is 12.5 Å². The summed E-state index contributed by atoms with van der Waals surface area (Å²) in [5.74, 6) is -2.51. The summed E-state index contributed by atoms with van der Waals surface area (Å²) in [5.41, 5.74) is 5.74. The highest BCUT2D eigenvalue weighted by atomic mass is 19.1. The average Bonchev–Trinajstić information content (AvgIpc) is 2.91. The quantitative estimate of drug-likeness (QED) is 0.721. The second-order valence-corrected chi connectivity index (χ2v) is 4.20. The fourth-order valence-corrected chi connectivity index (χ4v) is 1.62. The molecule has 8 nitrogen and oxygen atoms in total. The van der Waals surface area contributed by atoms with Gasteiger partial charge in [-0.2, -0.15) is 5.10 Å². The molecule has 2 aromatic rings. The first-order chi connectivity index (χ1) is 9.97. The van der Waals surface area contributed by atoms with Crippen LogP contribution in [0.15, 0.2) is 30.9 Å². The highest BCUT2D eigenvalue weighted by molar-refractivity contribution is 5.96. The number of halogens is 1. The van der Waals surface area contributed by atoms with E-state index < -0.39 is 30.2 Å². The zero-order valence-corrected chi connectivity index (χ0v) is 10.7. The Kier molecular flexibility index (Phi) is 4.24. The summed E-state index contributed by atoms with van der Waals surface area (Å²) in [4.78, 5) is 25.8. The number of nitrogens with one attached hydrogen (secondary N) is 1. The third kappa shape index (κ3) is 3.60. The number of nitrogens with two attached hydrogens (primary N) is 1. The predicted octanol–water partition coefficient (Wildman–Crippen LogP) is 0.147. The molecule has 1 aromatic heterocycles. The highest BCUT2D eigenvalue weighted by Crippen LogP contribution is 2.17. The molecular weight excluding hydrogens is 281 g/mol. The summed E-state index contributed by atoms with van der Waals surface area (Å²) in [5, 5.41) is 14.7. The van der Waals surface area contributed by atoms with Gasteiger partial charge in [0.1, 0.15) is 18.3 Å². The fourth-order valence-electron chi connectivity index (χ4n) is 1.62. The van der Waals surface area contributed by atoms with Crippen molar-refractivity contribution in [3.05, 3.63) is 36.7 Å². The van der Waals surface area contributed by atoms with Crippen molar-refractivity contribution in [1.29, 1.82) is 0 Å². The Morgan fingerprint density at radius 1 is 1.48 bits per heavy atom. The van der Waals surface area contributed by atoms with Crippen LogP contribution in [-0.4, -0.2) is 37.8 Å². The van der Waals surface area contributed by atoms with Crippen LogP contribution in [0.5, 0.6) is 0 Å². The lowest BCUT2D eigenvalue weighted by Gasteiger charge is -2.11. The van der Waals surface area contributed by atoms with Gasteiger partial charge in [0, 0.05) is 5.69 Å². The smallest absolute Gasteiger partial charge is 0.305 e. The monoisotopic (exact) mass is 293 g/mol. The largest absolute Gasteiger partial charge is 0.481 e. The first kappa shape index (κ1) is 14.6. The van der Waals surface area contributed by atoms with E-state index in [9.17, 15) is 14.0 Å². The number of benzene rings is 1. The van der Waals surface area contributed by atoms with E-state index in [2.05, 4.69) is 15.4 Å². The summed E-state index contributed by atoms with van der Waals surface area (Å²) < 4.78 is 15.1. The Balaban J connectivity index is 2.10. The minimum Gasteiger partial charge on any atom is -0.481 e. The van der Waals surface area contributed by atoms with Crippen LogP contribution in [0.3, 0.4) is 0 Å². The maximum atomic E-state index is 13.9. The number of amides is 1. The van der Waals surface area contributed by atoms with E-state index in [4.69, 9.17) is 10.8 Å². The topological polar surface area (TPSA) is 123 Å². The van der Waals surface area contributed by atoms with Crippen molar-refractivity contribution in [3.8, 4) is 5.69 Å². The summed E-state index contributed by atoms with van der Waals surface area (Å²) in [6.07, 6.45) is 2.09. The Labute approximate surface area is 118 Å². The van der Waals surface area contributed by atoms with Gasteiger partial charge in [-0.25, -0.2) is 14.1 Å². The molecule has 1 heterocycles. The van der Waals surface area contributed by atoms with Crippen LogP contribution >= 0.6 is 0 Å². The van der Waals surface area contributed by atoms with Gasteiger partial charge in [-0.15, -0.1) is 0 Å². The lowest BCUT2D eigenvalue weighted by molar-refractivity contribution is -0.138. The fraction of sp³-hybridized carbons (Fsp3) is 0.167. The molecule has 0 aliphatic carbocycles. The van der Waals surface area contributed by atoms with Crippen LogP contribution in [0.1, 0.15) is 6.42 Å². The van der Waals surface area contributed by atoms with Crippen LogP contribution < -0.4 is 11.1 Å². The van der Waals surface area contributed by atoms with Crippen molar-refractivity contribution in [1.82, 2.24) is 14.8 Å². The van der Waals surface area contributed by atoms with Gasteiger partial charge < -0.3 is 16.2 Å². The number of aliphatic carboxylic acids is 1. The molecule has 9 heteroatoms. The van der Waals surface area contributed by atoms with Gasteiger partial charge in [-0.3, -0.25) is 9.59 Å². The van der Waals surface area contributed by atoms with E-state index in [1.165, 1.54) is 29.5 Å². The maximum Gasteiger partial charge on any atom is 0.305 e. The van der Waals surface area contributed by atoms with Crippen LogP contribution in [-0.2, 0) is 9.59 Å². The lowest BCUT2D eigenvalue weighted by Crippen LogP contribution is -2.37. The molecule has 2 rings (SSSR count). The van der Waals surface area contributed by atoms with Gasteiger partial charge in [0.05, 0.1) is 12.5 Å². The number of aromatic nitrogens is 3. The molecule has 110 valence electrons. The Bertz CT molecular complexity index is 659. The number of carboxylic acids is 1. The van der Waals surface area contributed by atoms with Crippen molar-refractivity contribution in [2.24, 2.45) is 5.73 Å². The van der Waals surface area contributed by atoms with Crippen molar-refractivity contribution in [3.63, 3.8) is 0 Å². The number of carboxylic acid groups (broad SMARTS) is 1. The number of carbonyl (C=O) groups is 2. The normalized spacial score (nSPS) is 11.9. The molecule has 1 amide bonds. The summed E-state index contributed by atoms with van der Waals surface area (Å²) in [7, 11) is 0. The second kappa shape index (κ2) is 6.09. The van der Waals surface area contributed by atoms with E-state index in [0.29, 0.717) is 0 Å². The zero-order valence-electron chi connectivity index (χ0n) is 10.7. The third-order valence-corrected chi connectivity index (χ3v) is 2.61. The molecule has 0 aliphatic heterocycles. The number of carbonyl (C=O) groups excluding carboxylic acids is 1. The second-order valence-electron chi connectivity index (χ2n) is 4.20. The molecule has 4 N–H and O–H groups in total. The highest BCUT2D eigenvalue weighted by Gasteiger charge is 2.17. The minimum absolute atomic E-state index is 0.167. The van der Waals surface area contributed by atoms with Gasteiger partial charge in [0.15, 0.2) is 5.82 Å². The molecule has 1 aromatic carbocycles. The first-order valence-electron chi connectivity index (χ1n) is 5.90.